The number of ether oxygens (including phenoxy) is 1. The van der Waals surface area contributed by atoms with Gasteiger partial charge in [-0.25, -0.2) is 4.79 Å². The van der Waals surface area contributed by atoms with E-state index in [1.807, 2.05) is 22.6 Å². The van der Waals surface area contributed by atoms with Gasteiger partial charge >= 0.3 is 5.97 Å². The molecule has 0 aliphatic carbocycles. The average Bonchev–Trinajstić information content (AvgIpc) is 2.56. The Morgan fingerprint density at radius 2 is 1.67 bits per heavy atom. The molecule has 5 N–H and O–H groups in total. The number of carboxylic acids is 1. The first-order valence-electron chi connectivity index (χ1n) is 6.95. The highest BCUT2D eigenvalue weighted by Crippen LogP contribution is 2.35. The van der Waals surface area contributed by atoms with E-state index < -0.39 is 30.5 Å². The number of carbonyl (C=O) groups is 3. The molecular weight excluding hydrogens is 724 g/mol. The Balaban J connectivity index is 0.00000676. The van der Waals surface area contributed by atoms with E-state index in [1.165, 1.54) is 7.11 Å². The summed E-state index contributed by atoms with van der Waals surface area (Å²) in [6, 6.07) is 0. The third-order valence-corrected chi connectivity index (χ3v) is 6.24. The molecule has 0 aliphatic rings. The lowest BCUT2D eigenvalue weighted by molar-refractivity contribution is -0.119. The Bertz CT molecular complexity index is 733. The number of nitrogens with one attached hydrogen (secondary N) is 2. The molecule has 1 aromatic rings. The first-order valence-corrected chi connectivity index (χ1v) is 10.2. The second-order valence-corrected chi connectivity index (χ2v) is 8.14. The van der Waals surface area contributed by atoms with Crippen molar-refractivity contribution in [1.82, 2.24) is 5.32 Å². The summed E-state index contributed by atoms with van der Waals surface area (Å²) >= 11 is 5.40. The third-order valence-electron chi connectivity index (χ3n) is 3.01. The Morgan fingerprint density at radius 3 is 2.15 bits per heavy atom. The zero-order valence-corrected chi connectivity index (χ0v) is 21.0. The number of halogens is 4. The fourth-order valence-electron chi connectivity index (χ4n) is 1.83. The smallest absolute Gasteiger partial charge is 0.337 e. The normalized spacial score (nSPS) is 11.3. The summed E-state index contributed by atoms with van der Waals surface area (Å²) in [6.07, 6.45) is -1.14. The monoisotopic (exact) mass is 740 g/mol. The van der Waals surface area contributed by atoms with Crippen LogP contribution >= 0.6 is 80.2 Å². The van der Waals surface area contributed by atoms with Gasteiger partial charge in [-0.15, -0.1) is 12.4 Å². The molecule has 0 saturated heterocycles. The summed E-state index contributed by atoms with van der Waals surface area (Å²) in [6.45, 7) is -0.966. The van der Waals surface area contributed by atoms with Gasteiger partial charge in [0, 0.05) is 17.2 Å². The van der Waals surface area contributed by atoms with Crippen molar-refractivity contribution in [2.24, 2.45) is 0 Å². The number of aromatic carboxylic acids is 1. The fourth-order valence-corrected chi connectivity index (χ4v) is 6.22. The summed E-state index contributed by atoms with van der Waals surface area (Å²) in [5.74, 6) is -2.38. The maximum atomic E-state index is 12.5. The molecule has 152 valence electrons. The van der Waals surface area contributed by atoms with Gasteiger partial charge in [-0.2, -0.15) is 0 Å². The second-order valence-electron chi connectivity index (χ2n) is 4.90. The Labute approximate surface area is 201 Å². The van der Waals surface area contributed by atoms with Crippen LogP contribution in [0.3, 0.4) is 0 Å². The minimum absolute atomic E-state index is 0. The van der Waals surface area contributed by atoms with Crippen molar-refractivity contribution in [3.8, 4) is 0 Å². The zero-order chi connectivity index (χ0) is 20.0. The molecule has 27 heavy (non-hydrogen) atoms. The van der Waals surface area contributed by atoms with Crippen LogP contribution in [-0.2, 0) is 9.53 Å². The van der Waals surface area contributed by atoms with Crippen LogP contribution in [0.15, 0.2) is 0 Å². The minimum Gasteiger partial charge on any atom is -0.478 e. The van der Waals surface area contributed by atoms with E-state index in [0.29, 0.717) is 3.57 Å². The van der Waals surface area contributed by atoms with Crippen LogP contribution in [0, 0.1) is 10.7 Å². The number of benzene rings is 1. The molecule has 2 amide bonds. The summed E-state index contributed by atoms with van der Waals surface area (Å²) < 4.78 is 5.57. The Morgan fingerprint density at radius 1 is 1.11 bits per heavy atom. The number of rotatable bonds is 8. The number of aliphatic hydroxyl groups excluding tert-OH is 2. The van der Waals surface area contributed by atoms with Gasteiger partial charge in [0.15, 0.2) is 0 Å². The van der Waals surface area contributed by atoms with Crippen LogP contribution < -0.4 is 10.6 Å². The van der Waals surface area contributed by atoms with Crippen LogP contribution in [0.1, 0.15) is 20.7 Å². The van der Waals surface area contributed by atoms with E-state index in [-0.39, 0.29) is 49.5 Å². The van der Waals surface area contributed by atoms with Gasteiger partial charge in [0.05, 0.1) is 36.7 Å². The predicted molar refractivity (Wildman–Crippen MR) is 125 cm³/mol. The number of hydrogen-bond donors (Lipinski definition) is 5. The molecule has 9 nitrogen and oxygen atoms in total. The summed E-state index contributed by atoms with van der Waals surface area (Å²) in [5, 5.41) is 32.7. The van der Waals surface area contributed by atoms with Crippen molar-refractivity contribution in [2.45, 2.75) is 6.10 Å². The van der Waals surface area contributed by atoms with Crippen molar-refractivity contribution in [3.05, 3.63) is 21.8 Å². The lowest BCUT2D eigenvalue weighted by atomic mass is 10.1. The second kappa shape index (κ2) is 12.5. The van der Waals surface area contributed by atoms with Crippen molar-refractivity contribution < 1.29 is 34.4 Å². The highest BCUT2D eigenvalue weighted by atomic mass is 127. The van der Waals surface area contributed by atoms with Crippen LogP contribution in [0.25, 0.3) is 0 Å². The highest BCUT2D eigenvalue weighted by molar-refractivity contribution is 14.1. The summed E-state index contributed by atoms with van der Waals surface area (Å²) in [5.41, 5.74) is 0.132. The zero-order valence-electron chi connectivity index (χ0n) is 13.7. The van der Waals surface area contributed by atoms with Crippen molar-refractivity contribution in [2.75, 3.05) is 32.2 Å². The number of amides is 2. The maximum Gasteiger partial charge on any atom is 0.337 e. The van der Waals surface area contributed by atoms with Gasteiger partial charge in [-0.3, -0.25) is 9.59 Å². The molecule has 13 heteroatoms. The first-order chi connectivity index (χ1) is 12.1. The van der Waals surface area contributed by atoms with Crippen LogP contribution in [0.4, 0.5) is 5.69 Å². The van der Waals surface area contributed by atoms with E-state index in [2.05, 4.69) is 10.6 Å². The van der Waals surface area contributed by atoms with Crippen LogP contribution in [0.2, 0.25) is 0 Å². The first kappa shape index (κ1) is 27.0. The largest absolute Gasteiger partial charge is 0.478 e. The van der Waals surface area contributed by atoms with E-state index >= 15 is 0 Å². The number of aliphatic hydroxyl groups is 2. The maximum absolute atomic E-state index is 12.5. The average molecular weight is 740 g/mol. The lowest BCUT2D eigenvalue weighted by Gasteiger charge is -2.18. The summed E-state index contributed by atoms with van der Waals surface area (Å²) in [7, 11) is 1.34. The summed E-state index contributed by atoms with van der Waals surface area (Å²) in [4.78, 5) is 36.0. The predicted octanol–water partition coefficient (Wildman–Crippen LogP) is 1.29. The molecule has 0 fully saturated rings. The Kier molecular flexibility index (Phi) is 12.5. The molecule has 1 aromatic carbocycles. The van der Waals surface area contributed by atoms with Crippen molar-refractivity contribution in [3.63, 3.8) is 0 Å². The molecule has 0 aromatic heterocycles. The van der Waals surface area contributed by atoms with Crippen LogP contribution in [-0.4, -0.2) is 66.1 Å². The molecule has 0 aliphatic heterocycles. The molecule has 1 rings (SSSR count). The SMILES string of the molecule is COCC(=O)Nc1c(I)c(C(=O)O)c(I)c(C(=O)NCC(O)CO)c1I.Cl. The molecule has 0 spiro atoms. The van der Waals surface area contributed by atoms with Gasteiger partial charge in [0.25, 0.3) is 5.91 Å². The molecular formula is C14H16ClI3N2O7. The van der Waals surface area contributed by atoms with E-state index in [9.17, 15) is 24.6 Å². The topological polar surface area (TPSA) is 145 Å². The van der Waals surface area contributed by atoms with Gasteiger partial charge in [0.1, 0.15) is 6.61 Å². The molecule has 0 radical (unpaired) electrons. The van der Waals surface area contributed by atoms with Gasteiger partial charge < -0.3 is 30.7 Å². The number of methoxy groups -OCH3 is 1. The molecule has 0 heterocycles. The van der Waals surface area contributed by atoms with E-state index in [1.54, 1.807) is 45.2 Å². The number of anilines is 1. The van der Waals surface area contributed by atoms with Crippen molar-refractivity contribution >= 4 is 104 Å². The van der Waals surface area contributed by atoms with Crippen molar-refractivity contribution in [1.29, 1.82) is 0 Å². The minimum atomic E-state index is -1.25. The molecule has 1 unspecified atom stereocenters. The fraction of sp³-hybridized carbons (Fsp3) is 0.357. The highest BCUT2D eigenvalue weighted by Gasteiger charge is 2.28. The van der Waals surface area contributed by atoms with Gasteiger partial charge in [-0.1, -0.05) is 0 Å². The Hall–Kier alpha value is -0.0100. The standard InChI is InChI=1S/C14H15I3N2O7.ClH/c1-26-4-6(22)19-12-10(16)7(13(23)18-2-5(21)3-20)9(15)8(11(12)17)14(24)25;/h5,20-21H,2-4H2,1H3,(H,18,23)(H,19,22)(H,24,25);1H. The van der Waals surface area contributed by atoms with Gasteiger partial charge in [-0.05, 0) is 67.8 Å². The lowest BCUT2D eigenvalue weighted by Crippen LogP contribution is -2.35. The molecule has 0 bridgehead atoms. The number of carboxylic acid groups (broad SMARTS) is 1. The third kappa shape index (κ3) is 7.07. The van der Waals surface area contributed by atoms with E-state index in [4.69, 9.17) is 9.84 Å². The van der Waals surface area contributed by atoms with E-state index in [0.717, 1.165) is 0 Å². The quantitative estimate of drug-likeness (QED) is 0.253. The molecule has 1 atom stereocenters. The number of hydrogen-bond acceptors (Lipinski definition) is 6. The number of carbonyl (C=O) groups excluding carboxylic acids is 2. The van der Waals surface area contributed by atoms with Crippen LogP contribution in [0.5, 0.6) is 0 Å². The molecule has 0 saturated carbocycles. The van der Waals surface area contributed by atoms with Gasteiger partial charge in [0.2, 0.25) is 5.91 Å².